The van der Waals surface area contributed by atoms with Crippen LogP contribution in [0.2, 0.25) is 0 Å². The van der Waals surface area contributed by atoms with Crippen molar-refractivity contribution >= 4 is 6.03 Å². The molecule has 0 spiro atoms. The molecule has 0 aliphatic carbocycles. The van der Waals surface area contributed by atoms with Crippen LogP contribution in [-0.2, 0) is 0 Å². The van der Waals surface area contributed by atoms with Crippen LogP contribution in [0.5, 0.6) is 0 Å². The molecule has 0 aliphatic heterocycles. The lowest BCUT2D eigenvalue weighted by Gasteiger charge is -1.99. The molecule has 0 aromatic heterocycles. The summed E-state index contributed by atoms with van der Waals surface area (Å²) in [7, 11) is 0. The quantitative estimate of drug-likeness (QED) is 0.241. The second-order valence-electron chi connectivity index (χ2n) is 6.42. The first kappa shape index (κ1) is 25.0. The summed E-state index contributed by atoms with van der Waals surface area (Å²) < 4.78 is 0. The van der Waals surface area contributed by atoms with E-state index in [2.05, 4.69) is 37.1 Å². The molecule has 0 rings (SSSR count). The van der Waals surface area contributed by atoms with E-state index in [1.54, 1.807) is 0 Å². The van der Waals surface area contributed by atoms with Crippen molar-refractivity contribution in [2.75, 3.05) is 0 Å². The summed E-state index contributed by atoms with van der Waals surface area (Å²) in [5.41, 5.74) is 8.50. The first-order valence-electron chi connectivity index (χ1n) is 9.95. The van der Waals surface area contributed by atoms with Crippen molar-refractivity contribution in [3.05, 3.63) is 24.8 Å². The SMILES string of the molecule is C=CCCCCCCCCC=CCCCCCCCC.NC(N)=O. The van der Waals surface area contributed by atoms with Gasteiger partial charge in [0.1, 0.15) is 0 Å². The molecular weight excluding hydrogens is 296 g/mol. The summed E-state index contributed by atoms with van der Waals surface area (Å²) in [5, 5.41) is 0. The van der Waals surface area contributed by atoms with Crippen LogP contribution < -0.4 is 11.5 Å². The highest BCUT2D eigenvalue weighted by Gasteiger charge is 1.90. The van der Waals surface area contributed by atoms with Gasteiger partial charge in [0.15, 0.2) is 0 Å². The van der Waals surface area contributed by atoms with Gasteiger partial charge in [-0.25, -0.2) is 4.79 Å². The number of rotatable bonds is 16. The lowest BCUT2D eigenvalue weighted by Crippen LogP contribution is -2.18. The number of urea groups is 1. The number of hydrogen-bond acceptors (Lipinski definition) is 1. The van der Waals surface area contributed by atoms with Gasteiger partial charge in [-0.2, -0.15) is 0 Å². The van der Waals surface area contributed by atoms with Gasteiger partial charge in [0.2, 0.25) is 0 Å². The van der Waals surface area contributed by atoms with Crippen LogP contribution in [0.15, 0.2) is 24.8 Å². The van der Waals surface area contributed by atoms with E-state index in [9.17, 15) is 0 Å². The van der Waals surface area contributed by atoms with Gasteiger partial charge >= 0.3 is 6.03 Å². The molecule has 0 fully saturated rings. The van der Waals surface area contributed by atoms with Crippen molar-refractivity contribution in [2.24, 2.45) is 11.5 Å². The maximum Gasteiger partial charge on any atom is 0.309 e. The van der Waals surface area contributed by atoms with Crippen molar-refractivity contribution in [1.29, 1.82) is 0 Å². The van der Waals surface area contributed by atoms with E-state index in [1.807, 2.05) is 6.08 Å². The number of unbranched alkanes of at least 4 members (excludes halogenated alkanes) is 13. The Morgan fingerprint density at radius 1 is 0.708 bits per heavy atom. The third kappa shape index (κ3) is 32.6. The molecule has 3 heteroatoms. The minimum atomic E-state index is -0.833. The van der Waals surface area contributed by atoms with Crippen LogP contribution in [0.3, 0.4) is 0 Å². The standard InChI is InChI=1S/C20H38.CH4N2O/c1-3-5-7-9-11-13-15-17-19-20-18-16-14-12-10-8-6-4-2;2-1(3)4/h3,18,20H,1,4-17,19H2,2H3;(H4,2,3,4). The molecule has 0 aromatic rings. The van der Waals surface area contributed by atoms with Crippen molar-refractivity contribution in [1.82, 2.24) is 0 Å². The number of carbonyl (C=O) groups is 1. The Morgan fingerprint density at radius 3 is 1.42 bits per heavy atom. The maximum atomic E-state index is 9.00. The molecule has 0 atom stereocenters. The molecule has 0 heterocycles. The Kier molecular flexibility index (Phi) is 25.0. The minimum Gasteiger partial charge on any atom is -0.352 e. The van der Waals surface area contributed by atoms with Gasteiger partial charge in [0.05, 0.1) is 0 Å². The molecule has 0 unspecified atom stereocenters. The van der Waals surface area contributed by atoms with Gasteiger partial charge in [0.25, 0.3) is 0 Å². The summed E-state index contributed by atoms with van der Waals surface area (Å²) in [6.07, 6.45) is 27.5. The summed E-state index contributed by atoms with van der Waals surface area (Å²) in [5.74, 6) is 0. The molecule has 0 saturated heterocycles. The normalized spacial score (nSPS) is 10.4. The molecule has 0 radical (unpaired) electrons. The summed E-state index contributed by atoms with van der Waals surface area (Å²) >= 11 is 0. The molecule has 24 heavy (non-hydrogen) atoms. The predicted octanol–water partition coefficient (Wildman–Crippen LogP) is 6.62. The lowest BCUT2D eigenvalue weighted by molar-refractivity contribution is 0.256. The minimum absolute atomic E-state index is 0.833. The molecular formula is C21H42N2O. The topological polar surface area (TPSA) is 69.1 Å². The van der Waals surface area contributed by atoms with E-state index in [0.717, 1.165) is 0 Å². The number of primary amides is 2. The molecule has 0 saturated carbocycles. The molecule has 142 valence electrons. The second kappa shape index (κ2) is 24.0. The largest absolute Gasteiger partial charge is 0.352 e. The highest BCUT2D eigenvalue weighted by molar-refractivity contribution is 5.69. The third-order valence-electron chi connectivity index (χ3n) is 3.92. The fourth-order valence-electron chi connectivity index (χ4n) is 2.54. The summed E-state index contributed by atoms with van der Waals surface area (Å²) in [6, 6.07) is -0.833. The fraction of sp³-hybridized carbons (Fsp3) is 0.762. The average Bonchev–Trinajstić information content (AvgIpc) is 2.54. The molecule has 0 aromatic carbocycles. The van der Waals surface area contributed by atoms with Gasteiger partial charge in [-0.15, -0.1) is 6.58 Å². The van der Waals surface area contributed by atoms with Gasteiger partial charge in [-0.05, 0) is 38.5 Å². The monoisotopic (exact) mass is 338 g/mol. The van der Waals surface area contributed by atoms with Gasteiger partial charge in [0, 0.05) is 0 Å². The van der Waals surface area contributed by atoms with Crippen molar-refractivity contribution < 1.29 is 4.79 Å². The van der Waals surface area contributed by atoms with E-state index < -0.39 is 6.03 Å². The molecule has 3 nitrogen and oxygen atoms in total. The van der Waals surface area contributed by atoms with Crippen LogP contribution in [0.1, 0.15) is 103 Å². The van der Waals surface area contributed by atoms with E-state index in [-0.39, 0.29) is 0 Å². The van der Waals surface area contributed by atoms with E-state index in [1.165, 1.54) is 96.3 Å². The van der Waals surface area contributed by atoms with Crippen molar-refractivity contribution in [3.63, 3.8) is 0 Å². The Bertz CT molecular complexity index is 284. The van der Waals surface area contributed by atoms with E-state index in [4.69, 9.17) is 4.79 Å². The zero-order valence-electron chi connectivity index (χ0n) is 16.1. The number of amides is 2. The highest BCUT2D eigenvalue weighted by Crippen LogP contribution is 2.10. The summed E-state index contributed by atoms with van der Waals surface area (Å²) in [6.45, 7) is 6.04. The highest BCUT2D eigenvalue weighted by atomic mass is 16.2. The van der Waals surface area contributed by atoms with E-state index in [0.29, 0.717) is 0 Å². The first-order valence-corrected chi connectivity index (χ1v) is 9.95. The van der Waals surface area contributed by atoms with Crippen LogP contribution in [0.25, 0.3) is 0 Å². The molecule has 4 N–H and O–H groups in total. The lowest BCUT2D eigenvalue weighted by atomic mass is 10.1. The average molecular weight is 339 g/mol. The molecule has 0 bridgehead atoms. The van der Waals surface area contributed by atoms with Crippen LogP contribution in [0, 0.1) is 0 Å². The first-order chi connectivity index (χ1) is 11.6. The number of hydrogen-bond donors (Lipinski definition) is 2. The zero-order chi connectivity index (χ0) is 18.3. The number of allylic oxidation sites excluding steroid dienone is 3. The Hall–Kier alpha value is -1.25. The van der Waals surface area contributed by atoms with Crippen LogP contribution in [0.4, 0.5) is 4.79 Å². The number of carbonyl (C=O) groups excluding carboxylic acids is 1. The smallest absolute Gasteiger partial charge is 0.309 e. The zero-order valence-corrected chi connectivity index (χ0v) is 16.1. The molecule has 0 aliphatic rings. The van der Waals surface area contributed by atoms with Crippen molar-refractivity contribution in [2.45, 2.75) is 103 Å². The Morgan fingerprint density at radius 2 is 1.04 bits per heavy atom. The fourth-order valence-corrected chi connectivity index (χ4v) is 2.54. The Labute approximate surface area is 151 Å². The second-order valence-corrected chi connectivity index (χ2v) is 6.42. The van der Waals surface area contributed by atoms with Crippen molar-refractivity contribution in [3.8, 4) is 0 Å². The predicted molar refractivity (Wildman–Crippen MR) is 108 cm³/mol. The third-order valence-corrected chi connectivity index (χ3v) is 3.92. The molecule has 2 amide bonds. The Balaban J connectivity index is 0. The van der Waals surface area contributed by atoms with E-state index >= 15 is 0 Å². The van der Waals surface area contributed by atoms with Gasteiger partial charge in [-0.3, -0.25) is 0 Å². The van der Waals surface area contributed by atoms with Crippen LogP contribution >= 0.6 is 0 Å². The summed E-state index contributed by atoms with van der Waals surface area (Å²) in [4.78, 5) is 9.00. The van der Waals surface area contributed by atoms with Gasteiger partial charge < -0.3 is 11.5 Å². The van der Waals surface area contributed by atoms with Gasteiger partial charge in [-0.1, -0.05) is 82.9 Å². The maximum absolute atomic E-state index is 9.00. The number of nitrogens with two attached hydrogens (primary N) is 2. The van der Waals surface area contributed by atoms with Crippen LogP contribution in [-0.4, -0.2) is 6.03 Å².